The third-order valence-corrected chi connectivity index (χ3v) is 4.82. The van der Waals surface area contributed by atoms with Crippen molar-refractivity contribution in [2.75, 3.05) is 19.6 Å². The Morgan fingerprint density at radius 3 is 2.76 bits per heavy atom. The van der Waals surface area contributed by atoms with Gasteiger partial charge in [0.1, 0.15) is 0 Å². The third kappa shape index (κ3) is 3.27. The Balaban J connectivity index is 1.60. The molecule has 114 valence electrons. The van der Waals surface area contributed by atoms with Crippen LogP contribution < -0.4 is 11.1 Å². The van der Waals surface area contributed by atoms with Crippen molar-refractivity contribution in [3.05, 3.63) is 35.4 Å². The van der Waals surface area contributed by atoms with Gasteiger partial charge in [-0.1, -0.05) is 18.6 Å². The molecule has 1 amide bonds. The standard InChI is InChI=1S/C17H25N3O/c18-10-8-13-4-6-14(7-5-13)17(21)19-15-9-12-20-11-2-1-3-16(15)20/h4-7,15-16H,1-3,8-12,18H2,(H,19,21). The van der Waals surface area contributed by atoms with Gasteiger partial charge in [-0.05, 0) is 56.5 Å². The van der Waals surface area contributed by atoms with E-state index in [1.807, 2.05) is 24.3 Å². The van der Waals surface area contributed by atoms with Gasteiger partial charge < -0.3 is 11.1 Å². The molecule has 2 atom stereocenters. The number of benzene rings is 1. The van der Waals surface area contributed by atoms with Crippen molar-refractivity contribution in [2.24, 2.45) is 5.73 Å². The fourth-order valence-electron chi connectivity index (χ4n) is 3.66. The van der Waals surface area contributed by atoms with E-state index in [-0.39, 0.29) is 5.91 Å². The van der Waals surface area contributed by atoms with Crippen LogP contribution in [0.25, 0.3) is 0 Å². The highest BCUT2D eigenvalue weighted by molar-refractivity contribution is 5.94. The van der Waals surface area contributed by atoms with Crippen molar-refractivity contribution in [1.82, 2.24) is 10.2 Å². The Morgan fingerprint density at radius 1 is 1.19 bits per heavy atom. The van der Waals surface area contributed by atoms with Crippen molar-refractivity contribution >= 4 is 5.91 Å². The Morgan fingerprint density at radius 2 is 2.00 bits per heavy atom. The van der Waals surface area contributed by atoms with E-state index in [2.05, 4.69) is 10.2 Å². The van der Waals surface area contributed by atoms with Crippen molar-refractivity contribution < 1.29 is 4.79 Å². The normalized spacial score (nSPS) is 25.6. The third-order valence-electron chi connectivity index (χ3n) is 4.82. The van der Waals surface area contributed by atoms with Gasteiger partial charge in [0.25, 0.3) is 5.91 Å². The summed E-state index contributed by atoms with van der Waals surface area (Å²) in [5.41, 5.74) is 7.49. The van der Waals surface area contributed by atoms with Crippen LogP contribution in [0, 0.1) is 0 Å². The molecule has 1 aromatic rings. The lowest BCUT2D eigenvalue weighted by atomic mass is 9.98. The summed E-state index contributed by atoms with van der Waals surface area (Å²) in [5, 5.41) is 3.24. The number of nitrogens with zero attached hydrogens (tertiary/aromatic N) is 1. The van der Waals surface area contributed by atoms with Crippen LogP contribution in [0.5, 0.6) is 0 Å². The predicted molar refractivity (Wildman–Crippen MR) is 84.3 cm³/mol. The minimum atomic E-state index is 0.0618. The van der Waals surface area contributed by atoms with E-state index in [1.165, 1.54) is 31.4 Å². The molecule has 4 nitrogen and oxygen atoms in total. The summed E-state index contributed by atoms with van der Waals surface area (Å²) in [7, 11) is 0. The maximum atomic E-state index is 12.4. The Labute approximate surface area is 126 Å². The van der Waals surface area contributed by atoms with Crippen LogP contribution in [-0.2, 0) is 6.42 Å². The van der Waals surface area contributed by atoms with Crippen LogP contribution in [-0.4, -0.2) is 42.5 Å². The number of carbonyl (C=O) groups is 1. The van der Waals surface area contributed by atoms with Crippen LogP contribution in [0.15, 0.2) is 24.3 Å². The lowest BCUT2D eigenvalue weighted by Crippen LogP contribution is -2.46. The number of hydrogen-bond donors (Lipinski definition) is 2. The van der Waals surface area contributed by atoms with Crippen molar-refractivity contribution in [3.8, 4) is 0 Å². The van der Waals surface area contributed by atoms with Gasteiger partial charge >= 0.3 is 0 Å². The average molecular weight is 287 g/mol. The summed E-state index contributed by atoms with van der Waals surface area (Å²) in [6.45, 7) is 2.97. The Kier molecular flexibility index (Phi) is 4.56. The number of piperidine rings is 1. The van der Waals surface area contributed by atoms with Gasteiger partial charge in [0.15, 0.2) is 0 Å². The maximum Gasteiger partial charge on any atom is 0.251 e. The molecule has 0 bridgehead atoms. The van der Waals surface area contributed by atoms with Gasteiger partial charge in [-0.2, -0.15) is 0 Å². The predicted octanol–water partition coefficient (Wildman–Crippen LogP) is 1.54. The van der Waals surface area contributed by atoms with Gasteiger partial charge in [-0.25, -0.2) is 0 Å². The molecule has 2 aliphatic rings. The SMILES string of the molecule is NCCc1ccc(C(=O)NC2CCN3CCCCC23)cc1. The van der Waals surface area contributed by atoms with Crippen molar-refractivity contribution in [2.45, 2.75) is 44.2 Å². The highest BCUT2D eigenvalue weighted by atomic mass is 16.1. The van der Waals surface area contributed by atoms with Crippen LogP contribution >= 0.6 is 0 Å². The molecule has 0 radical (unpaired) electrons. The molecule has 0 aromatic heterocycles. The zero-order valence-electron chi connectivity index (χ0n) is 12.6. The summed E-state index contributed by atoms with van der Waals surface area (Å²) < 4.78 is 0. The van der Waals surface area contributed by atoms with Crippen LogP contribution in [0.2, 0.25) is 0 Å². The lowest BCUT2D eigenvalue weighted by molar-refractivity contribution is 0.0915. The van der Waals surface area contributed by atoms with E-state index in [9.17, 15) is 4.79 Å². The highest BCUT2D eigenvalue weighted by Crippen LogP contribution is 2.27. The van der Waals surface area contributed by atoms with Crippen LogP contribution in [0.3, 0.4) is 0 Å². The molecule has 3 rings (SSSR count). The number of hydrogen-bond acceptors (Lipinski definition) is 3. The fourth-order valence-corrected chi connectivity index (χ4v) is 3.66. The number of amides is 1. The monoisotopic (exact) mass is 287 g/mol. The molecule has 0 spiro atoms. The van der Waals surface area contributed by atoms with E-state index in [4.69, 9.17) is 5.73 Å². The second-order valence-corrected chi connectivity index (χ2v) is 6.20. The lowest BCUT2D eigenvalue weighted by Gasteiger charge is -2.32. The quantitative estimate of drug-likeness (QED) is 0.883. The first-order chi connectivity index (χ1) is 10.3. The van der Waals surface area contributed by atoms with Crippen LogP contribution in [0.1, 0.15) is 41.6 Å². The Bertz CT molecular complexity index is 485. The number of fused-ring (bicyclic) bond motifs is 1. The second-order valence-electron chi connectivity index (χ2n) is 6.20. The first-order valence-corrected chi connectivity index (χ1v) is 8.12. The molecule has 21 heavy (non-hydrogen) atoms. The van der Waals surface area contributed by atoms with E-state index >= 15 is 0 Å². The number of rotatable bonds is 4. The minimum absolute atomic E-state index is 0.0618. The second kappa shape index (κ2) is 6.58. The molecule has 0 aliphatic carbocycles. The number of carbonyl (C=O) groups excluding carboxylic acids is 1. The average Bonchev–Trinajstić information content (AvgIpc) is 2.92. The first-order valence-electron chi connectivity index (χ1n) is 8.12. The molecule has 1 aromatic carbocycles. The van der Waals surface area contributed by atoms with Crippen LogP contribution in [0.4, 0.5) is 0 Å². The smallest absolute Gasteiger partial charge is 0.251 e. The van der Waals surface area contributed by atoms with Gasteiger partial charge in [0, 0.05) is 24.2 Å². The summed E-state index contributed by atoms with van der Waals surface area (Å²) >= 11 is 0. The van der Waals surface area contributed by atoms with E-state index in [0.29, 0.717) is 18.6 Å². The molecule has 0 saturated carbocycles. The summed E-state index contributed by atoms with van der Waals surface area (Å²) in [5.74, 6) is 0.0618. The van der Waals surface area contributed by atoms with E-state index in [1.54, 1.807) is 0 Å². The zero-order chi connectivity index (χ0) is 14.7. The molecule has 4 heteroatoms. The molecular weight excluding hydrogens is 262 g/mol. The topological polar surface area (TPSA) is 58.4 Å². The highest BCUT2D eigenvalue weighted by Gasteiger charge is 2.36. The maximum absolute atomic E-state index is 12.4. The molecule has 2 aliphatic heterocycles. The minimum Gasteiger partial charge on any atom is -0.348 e. The van der Waals surface area contributed by atoms with Gasteiger partial charge in [0.2, 0.25) is 0 Å². The van der Waals surface area contributed by atoms with Gasteiger partial charge in [-0.15, -0.1) is 0 Å². The number of nitrogens with two attached hydrogens (primary N) is 1. The number of nitrogens with one attached hydrogen (secondary N) is 1. The molecule has 2 heterocycles. The first kappa shape index (κ1) is 14.5. The fraction of sp³-hybridized carbons (Fsp3) is 0.588. The summed E-state index contributed by atoms with van der Waals surface area (Å²) in [4.78, 5) is 14.9. The van der Waals surface area contributed by atoms with E-state index < -0.39 is 0 Å². The van der Waals surface area contributed by atoms with Crippen molar-refractivity contribution in [1.29, 1.82) is 0 Å². The molecule has 3 N–H and O–H groups in total. The zero-order valence-corrected chi connectivity index (χ0v) is 12.6. The molecule has 2 unspecified atom stereocenters. The summed E-state index contributed by atoms with van der Waals surface area (Å²) in [6, 6.07) is 8.70. The van der Waals surface area contributed by atoms with Crippen molar-refractivity contribution in [3.63, 3.8) is 0 Å². The molecule has 2 saturated heterocycles. The van der Waals surface area contributed by atoms with Gasteiger partial charge in [-0.3, -0.25) is 9.69 Å². The Hall–Kier alpha value is -1.39. The largest absolute Gasteiger partial charge is 0.348 e. The molecular formula is C17H25N3O. The van der Waals surface area contributed by atoms with Gasteiger partial charge in [0.05, 0.1) is 0 Å². The molecule has 2 fully saturated rings. The van der Waals surface area contributed by atoms with E-state index in [0.717, 1.165) is 24.9 Å². The summed E-state index contributed by atoms with van der Waals surface area (Å²) in [6.07, 6.45) is 5.77.